The van der Waals surface area contributed by atoms with Crippen LogP contribution in [-0.4, -0.2) is 19.2 Å². The van der Waals surface area contributed by atoms with Gasteiger partial charge in [0.15, 0.2) is 0 Å². The molecular weight excluding hydrogens is 388 g/mol. The number of hydrogen-bond acceptors (Lipinski definition) is 3. The minimum Gasteiger partial charge on any atom is -0.497 e. The van der Waals surface area contributed by atoms with Gasteiger partial charge < -0.3 is 20.1 Å². The number of methoxy groups -OCH3 is 1. The van der Waals surface area contributed by atoms with E-state index in [-0.39, 0.29) is 12.1 Å². The Bertz CT molecular complexity index is 942. The third kappa shape index (κ3) is 7.79. The standard InChI is InChI=1S/C26H30N2O3/c1-20(11-12-21-7-4-3-5-8-21)27-26(29)28-24-10-6-9-23(17-24)19-31-18-22-13-15-25(30-2)16-14-22/h3-10,13-17,20H,11-12,18-19H2,1-2H3,(H2,27,28,29). The second-order valence-corrected chi connectivity index (χ2v) is 7.57. The van der Waals surface area contributed by atoms with E-state index < -0.39 is 0 Å². The Morgan fingerprint density at radius 2 is 1.58 bits per heavy atom. The van der Waals surface area contributed by atoms with Crippen LogP contribution in [0.25, 0.3) is 0 Å². The molecule has 0 aliphatic rings. The fourth-order valence-electron chi connectivity index (χ4n) is 3.24. The molecule has 5 heteroatoms. The van der Waals surface area contributed by atoms with Gasteiger partial charge in [0.25, 0.3) is 0 Å². The number of aryl methyl sites for hydroxylation is 1. The summed E-state index contributed by atoms with van der Waals surface area (Å²) < 4.78 is 11.0. The lowest BCUT2D eigenvalue weighted by Gasteiger charge is -2.15. The number of urea groups is 1. The van der Waals surface area contributed by atoms with Gasteiger partial charge in [0.05, 0.1) is 20.3 Å². The van der Waals surface area contributed by atoms with Crippen molar-refractivity contribution in [2.24, 2.45) is 0 Å². The SMILES string of the molecule is COc1ccc(COCc2cccc(NC(=O)NC(C)CCc3ccccc3)c2)cc1. The van der Waals surface area contributed by atoms with Gasteiger partial charge in [0, 0.05) is 11.7 Å². The van der Waals surface area contributed by atoms with Crippen molar-refractivity contribution >= 4 is 11.7 Å². The topological polar surface area (TPSA) is 59.6 Å². The average Bonchev–Trinajstić information content (AvgIpc) is 2.79. The van der Waals surface area contributed by atoms with Gasteiger partial charge in [-0.1, -0.05) is 54.6 Å². The van der Waals surface area contributed by atoms with Crippen LogP contribution in [0.2, 0.25) is 0 Å². The average molecular weight is 419 g/mol. The van der Waals surface area contributed by atoms with Crippen molar-refractivity contribution in [1.29, 1.82) is 0 Å². The first-order valence-electron chi connectivity index (χ1n) is 10.5. The van der Waals surface area contributed by atoms with E-state index in [1.165, 1.54) is 5.56 Å². The van der Waals surface area contributed by atoms with Crippen LogP contribution in [-0.2, 0) is 24.4 Å². The highest BCUT2D eigenvalue weighted by molar-refractivity contribution is 5.89. The summed E-state index contributed by atoms with van der Waals surface area (Å²) in [5.41, 5.74) is 4.11. The molecule has 3 aromatic carbocycles. The van der Waals surface area contributed by atoms with Crippen LogP contribution < -0.4 is 15.4 Å². The Kier molecular flexibility index (Phi) is 8.49. The number of benzene rings is 3. The van der Waals surface area contributed by atoms with Gasteiger partial charge >= 0.3 is 6.03 Å². The number of rotatable bonds is 10. The molecule has 0 aliphatic heterocycles. The van der Waals surface area contributed by atoms with Gasteiger partial charge in [-0.15, -0.1) is 0 Å². The molecule has 0 fully saturated rings. The molecule has 2 N–H and O–H groups in total. The molecule has 0 bridgehead atoms. The summed E-state index contributed by atoms with van der Waals surface area (Å²) in [6, 6.07) is 25.7. The molecule has 31 heavy (non-hydrogen) atoms. The molecule has 0 spiro atoms. The van der Waals surface area contributed by atoms with E-state index in [1.54, 1.807) is 7.11 Å². The lowest BCUT2D eigenvalue weighted by Crippen LogP contribution is -2.36. The first-order chi connectivity index (χ1) is 15.1. The maximum atomic E-state index is 12.3. The number of ether oxygens (including phenoxy) is 2. The van der Waals surface area contributed by atoms with Gasteiger partial charge in [-0.3, -0.25) is 0 Å². The zero-order valence-electron chi connectivity index (χ0n) is 18.1. The maximum absolute atomic E-state index is 12.3. The van der Waals surface area contributed by atoms with E-state index in [4.69, 9.17) is 9.47 Å². The highest BCUT2D eigenvalue weighted by Gasteiger charge is 2.08. The number of nitrogens with one attached hydrogen (secondary N) is 2. The van der Waals surface area contributed by atoms with E-state index in [2.05, 4.69) is 22.8 Å². The van der Waals surface area contributed by atoms with E-state index in [1.807, 2.05) is 73.7 Å². The molecule has 3 rings (SSSR count). The van der Waals surface area contributed by atoms with Crippen LogP contribution in [0.3, 0.4) is 0 Å². The van der Waals surface area contributed by atoms with E-state index in [0.29, 0.717) is 13.2 Å². The van der Waals surface area contributed by atoms with Crippen LogP contribution in [0.1, 0.15) is 30.0 Å². The molecule has 0 saturated heterocycles. The predicted molar refractivity (Wildman–Crippen MR) is 124 cm³/mol. The molecular formula is C26H30N2O3. The Hall–Kier alpha value is -3.31. The highest BCUT2D eigenvalue weighted by atomic mass is 16.5. The summed E-state index contributed by atoms with van der Waals surface area (Å²) in [6.45, 7) is 3.00. The van der Waals surface area contributed by atoms with Gasteiger partial charge in [0.1, 0.15) is 5.75 Å². The Labute approximate surface area is 184 Å². The fourth-order valence-corrected chi connectivity index (χ4v) is 3.24. The summed E-state index contributed by atoms with van der Waals surface area (Å²) in [5, 5.41) is 5.91. The lowest BCUT2D eigenvalue weighted by molar-refractivity contribution is 0.107. The number of hydrogen-bond donors (Lipinski definition) is 2. The van der Waals surface area contributed by atoms with Crippen LogP contribution in [0, 0.1) is 0 Å². The Morgan fingerprint density at radius 1 is 0.871 bits per heavy atom. The molecule has 2 amide bonds. The number of amides is 2. The van der Waals surface area contributed by atoms with Crippen molar-refractivity contribution in [2.75, 3.05) is 12.4 Å². The minimum atomic E-state index is -0.197. The molecule has 1 atom stereocenters. The van der Waals surface area contributed by atoms with E-state index in [9.17, 15) is 4.79 Å². The van der Waals surface area contributed by atoms with E-state index >= 15 is 0 Å². The van der Waals surface area contributed by atoms with Crippen molar-refractivity contribution in [2.45, 2.75) is 39.0 Å². The lowest BCUT2D eigenvalue weighted by atomic mass is 10.1. The fraction of sp³-hybridized carbons (Fsp3) is 0.269. The third-order valence-electron chi connectivity index (χ3n) is 4.97. The van der Waals surface area contributed by atoms with Gasteiger partial charge in [0.2, 0.25) is 0 Å². The zero-order chi connectivity index (χ0) is 21.9. The van der Waals surface area contributed by atoms with Gasteiger partial charge in [-0.2, -0.15) is 0 Å². The number of carbonyl (C=O) groups excluding carboxylic acids is 1. The minimum absolute atomic E-state index is 0.0798. The number of carbonyl (C=O) groups is 1. The number of anilines is 1. The third-order valence-corrected chi connectivity index (χ3v) is 4.97. The molecule has 1 unspecified atom stereocenters. The smallest absolute Gasteiger partial charge is 0.319 e. The van der Waals surface area contributed by atoms with Crippen LogP contribution in [0.15, 0.2) is 78.9 Å². The van der Waals surface area contributed by atoms with Crippen molar-refractivity contribution in [3.05, 3.63) is 95.6 Å². The van der Waals surface area contributed by atoms with Gasteiger partial charge in [-0.25, -0.2) is 4.79 Å². The summed E-state index contributed by atoms with van der Waals surface area (Å²) in [7, 11) is 1.65. The first kappa shape index (κ1) is 22.4. The first-order valence-corrected chi connectivity index (χ1v) is 10.5. The van der Waals surface area contributed by atoms with Crippen LogP contribution >= 0.6 is 0 Å². The van der Waals surface area contributed by atoms with Crippen LogP contribution in [0.5, 0.6) is 5.75 Å². The van der Waals surface area contributed by atoms with Crippen LogP contribution in [0.4, 0.5) is 10.5 Å². The summed E-state index contributed by atoms with van der Waals surface area (Å²) >= 11 is 0. The monoisotopic (exact) mass is 418 g/mol. The highest BCUT2D eigenvalue weighted by Crippen LogP contribution is 2.15. The van der Waals surface area contributed by atoms with Crippen molar-refractivity contribution in [3.8, 4) is 5.75 Å². The van der Waals surface area contributed by atoms with Crippen molar-refractivity contribution < 1.29 is 14.3 Å². The largest absolute Gasteiger partial charge is 0.497 e. The molecule has 162 valence electrons. The quantitative estimate of drug-likeness (QED) is 0.453. The molecule has 0 aliphatic carbocycles. The zero-order valence-corrected chi connectivity index (χ0v) is 18.1. The molecule has 0 heterocycles. The molecule has 3 aromatic rings. The summed E-state index contributed by atoms with van der Waals surface area (Å²) in [5.74, 6) is 0.829. The molecule has 0 saturated carbocycles. The molecule has 0 radical (unpaired) electrons. The predicted octanol–water partition coefficient (Wildman–Crippen LogP) is 5.55. The molecule has 5 nitrogen and oxygen atoms in total. The normalized spacial score (nSPS) is 11.5. The van der Waals surface area contributed by atoms with Gasteiger partial charge in [-0.05, 0) is 60.7 Å². The van der Waals surface area contributed by atoms with E-state index in [0.717, 1.165) is 35.4 Å². The Balaban J connectivity index is 1.41. The van der Waals surface area contributed by atoms with Crippen molar-refractivity contribution in [3.63, 3.8) is 0 Å². The summed E-state index contributed by atoms with van der Waals surface area (Å²) in [4.78, 5) is 12.3. The maximum Gasteiger partial charge on any atom is 0.319 e. The summed E-state index contributed by atoms with van der Waals surface area (Å²) in [6.07, 6.45) is 1.82. The van der Waals surface area contributed by atoms with Crippen molar-refractivity contribution in [1.82, 2.24) is 5.32 Å². The molecule has 0 aromatic heterocycles. The second kappa shape index (κ2) is 11.8. The second-order valence-electron chi connectivity index (χ2n) is 7.57. The Morgan fingerprint density at radius 3 is 2.32 bits per heavy atom.